The van der Waals surface area contributed by atoms with Crippen molar-refractivity contribution in [2.75, 3.05) is 14.2 Å². The van der Waals surface area contributed by atoms with Crippen molar-refractivity contribution in [1.82, 2.24) is 4.98 Å². The Hall–Kier alpha value is -3.58. The van der Waals surface area contributed by atoms with E-state index in [9.17, 15) is 10.1 Å². The first kappa shape index (κ1) is 19.7. The van der Waals surface area contributed by atoms with Crippen LogP contribution in [0.2, 0.25) is 0 Å². The normalized spacial score (nSPS) is 10.7. The van der Waals surface area contributed by atoms with E-state index in [0.717, 1.165) is 4.90 Å². The van der Waals surface area contributed by atoms with E-state index in [1.807, 2.05) is 30.3 Å². The maximum absolute atomic E-state index is 12.1. The number of hydrogen-bond acceptors (Lipinski definition) is 6. The van der Waals surface area contributed by atoms with E-state index >= 15 is 0 Å². The van der Waals surface area contributed by atoms with Crippen molar-refractivity contribution in [3.05, 3.63) is 82.9 Å². The van der Waals surface area contributed by atoms with Gasteiger partial charge in [0.05, 0.1) is 24.5 Å². The third kappa shape index (κ3) is 3.79. The van der Waals surface area contributed by atoms with Gasteiger partial charge in [-0.15, -0.1) is 0 Å². The topological polar surface area (TPSA) is 74.5 Å². The van der Waals surface area contributed by atoms with E-state index in [1.165, 1.54) is 11.8 Å². The second-order valence-corrected chi connectivity index (χ2v) is 7.49. The molecule has 0 bridgehead atoms. The number of rotatable bonds is 6. The molecule has 1 aromatic heterocycles. The van der Waals surface area contributed by atoms with Crippen LogP contribution in [0, 0.1) is 10.1 Å². The lowest BCUT2D eigenvalue weighted by molar-refractivity contribution is -0.382. The summed E-state index contributed by atoms with van der Waals surface area (Å²) >= 11 is 1.46. The van der Waals surface area contributed by atoms with Crippen molar-refractivity contribution in [1.29, 1.82) is 0 Å². The van der Waals surface area contributed by atoms with Crippen LogP contribution >= 0.6 is 11.8 Å². The second kappa shape index (κ2) is 8.42. The quantitative estimate of drug-likeness (QED) is 0.283. The monoisotopic (exact) mass is 418 g/mol. The van der Waals surface area contributed by atoms with E-state index in [1.54, 1.807) is 56.7 Å². The van der Waals surface area contributed by atoms with Crippen LogP contribution in [0.15, 0.2) is 82.7 Å². The van der Waals surface area contributed by atoms with E-state index in [0.29, 0.717) is 38.6 Å². The lowest BCUT2D eigenvalue weighted by Gasteiger charge is -2.12. The molecule has 4 rings (SSSR count). The molecule has 0 aliphatic heterocycles. The van der Waals surface area contributed by atoms with Crippen LogP contribution in [0.3, 0.4) is 0 Å². The molecule has 150 valence electrons. The molecule has 3 aromatic carbocycles. The van der Waals surface area contributed by atoms with Gasteiger partial charge >= 0.3 is 5.69 Å². The summed E-state index contributed by atoms with van der Waals surface area (Å²) in [5.74, 6) is 1.29. The molecular formula is C23H18N2O4S. The van der Waals surface area contributed by atoms with Crippen LogP contribution in [0.5, 0.6) is 11.5 Å². The Balaban J connectivity index is 1.99. The molecule has 0 saturated heterocycles. The molecule has 0 unspecified atom stereocenters. The summed E-state index contributed by atoms with van der Waals surface area (Å²) in [6.45, 7) is 0. The molecular weight excluding hydrogens is 400 g/mol. The maximum Gasteiger partial charge on any atom is 0.303 e. The average molecular weight is 418 g/mol. The van der Waals surface area contributed by atoms with Crippen LogP contribution in [0.25, 0.3) is 22.0 Å². The van der Waals surface area contributed by atoms with Gasteiger partial charge in [-0.2, -0.15) is 0 Å². The van der Waals surface area contributed by atoms with Gasteiger partial charge in [-0.3, -0.25) is 10.1 Å². The largest absolute Gasteiger partial charge is 0.497 e. The van der Waals surface area contributed by atoms with Crippen LogP contribution in [0.1, 0.15) is 0 Å². The Morgan fingerprint density at radius 2 is 1.53 bits per heavy atom. The minimum absolute atomic E-state index is 0.0322. The number of ether oxygens (including phenoxy) is 2. The van der Waals surface area contributed by atoms with Crippen LogP contribution < -0.4 is 9.47 Å². The van der Waals surface area contributed by atoms with Crippen LogP contribution in [-0.2, 0) is 0 Å². The highest BCUT2D eigenvalue weighted by Crippen LogP contribution is 2.42. The molecule has 6 nitrogen and oxygen atoms in total. The molecule has 0 atom stereocenters. The summed E-state index contributed by atoms with van der Waals surface area (Å²) in [5.41, 5.74) is 0.934. The summed E-state index contributed by atoms with van der Waals surface area (Å²) in [7, 11) is 3.15. The fourth-order valence-corrected chi connectivity index (χ4v) is 4.12. The van der Waals surface area contributed by atoms with Gasteiger partial charge in [-0.05, 0) is 54.6 Å². The van der Waals surface area contributed by atoms with E-state index in [-0.39, 0.29) is 10.6 Å². The van der Waals surface area contributed by atoms with Crippen molar-refractivity contribution >= 4 is 28.2 Å². The van der Waals surface area contributed by atoms with E-state index < -0.39 is 0 Å². The molecule has 0 fully saturated rings. The number of nitrogens with zero attached hydrogens (tertiary/aromatic N) is 2. The van der Waals surface area contributed by atoms with Gasteiger partial charge < -0.3 is 9.47 Å². The van der Waals surface area contributed by atoms with Crippen molar-refractivity contribution < 1.29 is 14.4 Å². The number of pyridine rings is 1. The van der Waals surface area contributed by atoms with Crippen molar-refractivity contribution in [2.45, 2.75) is 9.92 Å². The third-order valence-corrected chi connectivity index (χ3v) is 5.67. The zero-order chi connectivity index (χ0) is 21.1. The number of benzene rings is 3. The predicted octanol–water partition coefficient (Wildman–Crippen LogP) is 5.98. The Kier molecular flexibility index (Phi) is 5.54. The zero-order valence-corrected chi connectivity index (χ0v) is 17.2. The molecule has 7 heteroatoms. The zero-order valence-electron chi connectivity index (χ0n) is 16.4. The number of methoxy groups -OCH3 is 2. The summed E-state index contributed by atoms with van der Waals surface area (Å²) < 4.78 is 10.6. The number of nitro groups is 1. The highest BCUT2D eigenvalue weighted by molar-refractivity contribution is 7.99. The molecule has 0 radical (unpaired) electrons. The SMILES string of the molecule is COc1ccc(-c2nc(Sc3ccccc3)c3cc(OC)ccc3c2[N+](=O)[O-])cc1. The van der Waals surface area contributed by atoms with Crippen molar-refractivity contribution in [3.63, 3.8) is 0 Å². The summed E-state index contributed by atoms with van der Waals surface area (Å²) in [6.07, 6.45) is 0. The lowest BCUT2D eigenvalue weighted by Crippen LogP contribution is -1.99. The average Bonchev–Trinajstić information content (AvgIpc) is 2.79. The van der Waals surface area contributed by atoms with Gasteiger partial charge in [0.25, 0.3) is 0 Å². The van der Waals surface area contributed by atoms with Crippen molar-refractivity contribution in [2.24, 2.45) is 0 Å². The molecule has 0 spiro atoms. The van der Waals surface area contributed by atoms with Gasteiger partial charge in [-0.1, -0.05) is 30.0 Å². The minimum atomic E-state index is -0.377. The van der Waals surface area contributed by atoms with Gasteiger partial charge in [0.2, 0.25) is 0 Å². The standard InChI is InChI=1S/C23H18N2O4S/c1-28-16-10-8-15(9-11-16)21-22(25(26)27)19-13-12-17(29-2)14-20(19)23(24-21)30-18-6-4-3-5-7-18/h3-14H,1-2H3. The highest BCUT2D eigenvalue weighted by atomic mass is 32.2. The van der Waals surface area contributed by atoms with E-state index in [2.05, 4.69) is 0 Å². The Labute approximate surface area is 177 Å². The Morgan fingerprint density at radius 1 is 0.867 bits per heavy atom. The van der Waals surface area contributed by atoms with E-state index in [4.69, 9.17) is 14.5 Å². The Bertz CT molecular complexity index is 1210. The fraction of sp³-hybridized carbons (Fsp3) is 0.0870. The van der Waals surface area contributed by atoms with Gasteiger partial charge in [-0.25, -0.2) is 4.98 Å². The summed E-state index contributed by atoms with van der Waals surface area (Å²) in [4.78, 5) is 17.4. The Morgan fingerprint density at radius 3 is 2.17 bits per heavy atom. The van der Waals surface area contributed by atoms with Gasteiger partial charge in [0, 0.05) is 15.8 Å². The fourth-order valence-electron chi connectivity index (χ4n) is 3.19. The molecule has 0 aliphatic carbocycles. The first-order chi connectivity index (χ1) is 14.6. The smallest absolute Gasteiger partial charge is 0.303 e. The third-order valence-electron chi connectivity index (χ3n) is 4.65. The minimum Gasteiger partial charge on any atom is -0.497 e. The summed E-state index contributed by atoms with van der Waals surface area (Å²) in [5, 5.41) is 13.9. The lowest BCUT2D eigenvalue weighted by atomic mass is 10.0. The second-order valence-electron chi connectivity index (χ2n) is 6.43. The van der Waals surface area contributed by atoms with Crippen LogP contribution in [0.4, 0.5) is 5.69 Å². The highest BCUT2D eigenvalue weighted by Gasteiger charge is 2.25. The number of fused-ring (bicyclic) bond motifs is 1. The van der Waals surface area contributed by atoms with Gasteiger partial charge in [0.15, 0.2) is 0 Å². The number of hydrogen-bond donors (Lipinski definition) is 0. The molecule has 0 aliphatic rings. The van der Waals surface area contributed by atoms with Gasteiger partial charge in [0.1, 0.15) is 22.2 Å². The molecule has 0 N–H and O–H groups in total. The molecule has 0 saturated carbocycles. The molecule has 30 heavy (non-hydrogen) atoms. The maximum atomic E-state index is 12.1. The van der Waals surface area contributed by atoms with Crippen LogP contribution in [-0.4, -0.2) is 24.1 Å². The molecule has 1 heterocycles. The predicted molar refractivity (Wildman–Crippen MR) is 118 cm³/mol. The first-order valence-corrected chi connectivity index (χ1v) is 9.96. The summed E-state index contributed by atoms with van der Waals surface area (Å²) in [6, 6.07) is 22.1. The van der Waals surface area contributed by atoms with Crippen molar-refractivity contribution in [3.8, 4) is 22.8 Å². The number of aromatic nitrogens is 1. The molecule has 4 aromatic rings. The first-order valence-electron chi connectivity index (χ1n) is 9.14. The molecule has 0 amide bonds.